The molecule has 0 aliphatic rings. The summed E-state index contributed by atoms with van der Waals surface area (Å²) in [7, 11) is 3.71. The first-order valence-corrected chi connectivity index (χ1v) is 25.0. The first-order chi connectivity index (χ1) is 32.2. The number of fused-ring (bicyclic) bond motifs is 2. The van der Waals surface area contributed by atoms with E-state index in [-0.39, 0.29) is 34.5 Å². The molecule has 0 spiro atoms. The van der Waals surface area contributed by atoms with Crippen LogP contribution in [0.4, 0.5) is 0 Å². The van der Waals surface area contributed by atoms with Crippen LogP contribution >= 0.6 is 0 Å². The minimum atomic E-state index is 0.0872. The summed E-state index contributed by atoms with van der Waals surface area (Å²) >= 11 is 0. The van der Waals surface area contributed by atoms with Crippen molar-refractivity contribution in [1.29, 1.82) is 0 Å². The zero-order chi connectivity index (χ0) is 49.0. The molecule has 0 atom stereocenters. The number of ether oxygens (including phenoxy) is 2. The summed E-state index contributed by atoms with van der Waals surface area (Å²) in [5, 5.41) is 4.58. The fourth-order valence-electron chi connectivity index (χ4n) is 10.4. The van der Waals surface area contributed by atoms with E-state index in [1.54, 1.807) is 0 Å². The molecule has 0 radical (unpaired) electrons. The van der Waals surface area contributed by atoms with Gasteiger partial charge < -0.3 is 9.47 Å². The topological polar surface area (TPSA) is 18.5 Å². The Kier molecular flexibility index (Phi) is 13.3. The SMILES string of the molecule is COc1c(-c2c(C(C)C)cc(-c3ccc(C(C)(C)C)cc3)cc2C(C)C)cc2ccccc2c1-c1c(OC)c(-c2c(C(C)C)cc(-c3ccc(C(C)(C)C)cc3)cc2C(C)C)cc2ccccc12. The fourth-order valence-corrected chi connectivity index (χ4v) is 10.4. The van der Waals surface area contributed by atoms with Crippen LogP contribution in [0.15, 0.2) is 133 Å². The number of hydrogen-bond donors (Lipinski definition) is 0. The molecule has 2 heteroatoms. The minimum absolute atomic E-state index is 0.0872. The summed E-state index contributed by atoms with van der Waals surface area (Å²) in [6.45, 7) is 32.3. The van der Waals surface area contributed by atoms with E-state index in [9.17, 15) is 0 Å². The van der Waals surface area contributed by atoms with Crippen LogP contribution in [0.5, 0.6) is 11.5 Å². The molecule has 0 bridgehead atoms. The van der Waals surface area contributed by atoms with Crippen LogP contribution in [0.2, 0.25) is 0 Å². The molecule has 350 valence electrons. The molecule has 0 saturated carbocycles. The second-order valence-corrected chi connectivity index (χ2v) is 22.4. The second-order valence-electron chi connectivity index (χ2n) is 22.4. The number of hydrogen-bond acceptors (Lipinski definition) is 2. The van der Waals surface area contributed by atoms with Crippen LogP contribution in [-0.2, 0) is 10.8 Å². The van der Waals surface area contributed by atoms with Gasteiger partial charge in [0, 0.05) is 22.3 Å². The Bertz CT molecular complexity index is 2850. The maximum absolute atomic E-state index is 6.88. The van der Waals surface area contributed by atoms with Crippen LogP contribution in [0.1, 0.15) is 154 Å². The molecular weight excluding hydrogens is 825 g/mol. The Morgan fingerprint density at radius 3 is 0.897 bits per heavy atom. The monoisotopic (exact) mass is 899 g/mol. The molecule has 0 aliphatic heterocycles. The summed E-state index contributed by atoms with van der Waals surface area (Å²) in [5.41, 5.74) is 19.9. The van der Waals surface area contributed by atoms with Crippen molar-refractivity contribution in [3.8, 4) is 67.1 Å². The molecule has 2 nitrogen and oxygen atoms in total. The highest BCUT2D eigenvalue weighted by molar-refractivity contribution is 6.14. The van der Waals surface area contributed by atoms with E-state index in [4.69, 9.17) is 9.47 Å². The summed E-state index contributed by atoms with van der Waals surface area (Å²) in [6.07, 6.45) is 0. The third-order valence-corrected chi connectivity index (χ3v) is 14.3. The highest BCUT2D eigenvalue weighted by Crippen LogP contribution is 2.55. The van der Waals surface area contributed by atoms with Gasteiger partial charge in [0.05, 0.1) is 14.2 Å². The lowest BCUT2D eigenvalue weighted by molar-refractivity contribution is 0.412. The summed E-state index contributed by atoms with van der Waals surface area (Å²) < 4.78 is 13.8. The molecule has 8 rings (SSSR count). The molecule has 0 N–H and O–H groups in total. The quantitative estimate of drug-likeness (QED) is 0.129. The summed E-state index contributed by atoms with van der Waals surface area (Å²) in [5.74, 6) is 2.71. The van der Waals surface area contributed by atoms with Crippen molar-refractivity contribution in [2.45, 2.75) is 131 Å². The van der Waals surface area contributed by atoms with Crippen LogP contribution in [0.3, 0.4) is 0 Å². The summed E-state index contributed by atoms with van der Waals surface area (Å²) in [4.78, 5) is 0. The standard InChI is InChI=1S/C66H74O2/c1-39(2)53-35-47(43-25-29-49(30-26-43)65(9,10)11)36-54(40(3)4)59(53)57-33-45-21-17-19-23-51(45)61(63(57)67-15)62-52-24-20-18-22-46(52)34-58(64(62)68-16)60-55(41(5)6)37-48(38-56(60)42(7)8)44-27-31-50(32-28-44)66(12,13)14/h17-42H,1-16H3. The smallest absolute Gasteiger partial charge is 0.135 e. The lowest BCUT2D eigenvalue weighted by Gasteiger charge is -2.28. The first kappa shape index (κ1) is 48.3. The average molecular weight is 899 g/mol. The van der Waals surface area contributed by atoms with E-state index < -0.39 is 0 Å². The molecular formula is C66H74O2. The Morgan fingerprint density at radius 2 is 0.632 bits per heavy atom. The van der Waals surface area contributed by atoms with Crippen LogP contribution in [-0.4, -0.2) is 14.2 Å². The van der Waals surface area contributed by atoms with Crippen LogP contribution in [0, 0.1) is 0 Å². The molecule has 0 aromatic heterocycles. The van der Waals surface area contributed by atoms with Gasteiger partial charge in [-0.05, 0) is 135 Å². The zero-order valence-electron chi connectivity index (χ0n) is 43.8. The minimum Gasteiger partial charge on any atom is -0.495 e. The summed E-state index contributed by atoms with van der Waals surface area (Å²) in [6, 6.07) is 50.6. The first-order valence-electron chi connectivity index (χ1n) is 25.0. The molecule has 0 amide bonds. The fraction of sp³-hybridized carbons (Fsp3) is 0.333. The molecule has 0 heterocycles. The maximum atomic E-state index is 6.88. The van der Waals surface area contributed by atoms with Gasteiger partial charge in [0.25, 0.3) is 0 Å². The third-order valence-electron chi connectivity index (χ3n) is 14.3. The zero-order valence-corrected chi connectivity index (χ0v) is 43.8. The van der Waals surface area contributed by atoms with Crippen LogP contribution < -0.4 is 9.47 Å². The second kappa shape index (κ2) is 18.8. The van der Waals surface area contributed by atoms with Crippen molar-refractivity contribution in [3.63, 3.8) is 0 Å². The van der Waals surface area contributed by atoms with Gasteiger partial charge in [0.15, 0.2) is 0 Å². The van der Waals surface area contributed by atoms with E-state index in [1.165, 1.54) is 66.8 Å². The van der Waals surface area contributed by atoms with E-state index in [2.05, 4.69) is 230 Å². The van der Waals surface area contributed by atoms with E-state index >= 15 is 0 Å². The lowest BCUT2D eigenvalue weighted by atomic mass is 9.78. The molecule has 8 aromatic carbocycles. The molecule has 0 aliphatic carbocycles. The highest BCUT2D eigenvalue weighted by Gasteiger charge is 2.30. The Balaban J connectivity index is 1.46. The third kappa shape index (κ3) is 9.00. The number of methoxy groups -OCH3 is 2. The van der Waals surface area contributed by atoms with Gasteiger partial charge in [0.2, 0.25) is 0 Å². The number of rotatable bonds is 11. The Hall–Kier alpha value is -6.12. The molecule has 0 fully saturated rings. The van der Waals surface area contributed by atoms with E-state index in [1.807, 2.05) is 14.2 Å². The lowest BCUT2D eigenvalue weighted by Crippen LogP contribution is -2.10. The van der Waals surface area contributed by atoms with Gasteiger partial charge in [-0.25, -0.2) is 0 Å². The van der Waals surface area contributed by atoms with Crippen molar-refractivity contribution in [2.75, 3.05) is 14.2 Å². The molecule has 0 unspecified atom stereocenters. The van der Waals surface area contributed by atoms with Gasteiger partial charge in [0.1, 0.15) is 11.5 Å². The van der Waals surface area contributed by atoms with Gasteiger partial charge in [-0.3, -0.25) is 0 Å². The number of benzene rings is 8. The molecule has 68 heavy (non-hydrogen) atoms. The predicted molar refractivity (Wildman–Crippen MR) is 295 cm³/mol. The van der Waals surface area contributed by atoms with E-state index in [0.717, 1.165) is 55.3 Å². The van der Waals surface area contributed by atoms with Gasteiger partial charge in [-0.2, -0.15) is 0 Å². The van der Waals surface area contributed by atoms with Gasteiger partial charge >= 0.3 is 0 Å². The molecule has 0 saturated heterocycles. The van der Waals surface area contributed by atoms with Gasteiger partial charge in [-0.15, -0.1) is 0 Å². The molecule has 8 aromatic rings. The highest BCUT2D eigenvalue weighted by atomic mass is 16.5. The van der Waals surface area contributed by atoms with Crippen LogP contribution in [0.25, 0.3) is 77.2 Å². The average Bonchev–Trinajstić information content (AvgIpc) is 3.31. The van der Waals surface area contributed by atoms with Crippen molar-refractivity contribution < 1.29 is 9.47 Å². The Morgan fingerprint density at radius 1 is 0.338 bits per heavy atom. The van der Waals surface area contributed by atoms with Crippen molar-refractivity contribution in [2.24, 2.45) is 0 Å². The van der Waals surface area contributed by atoms with E-state index in [0.29, 0.717) is 0 Å². The normalized spacial score (nSPS) is 12.4. The van der Waals surface area contributed by atoms with Crippen molar-refractivity contribution in [3.05, 3.63) is 167 Å². The van der Waals surface area contributed by atoms with Crippen molar-refractivity contribution >= 4 is 21.5 Å². The van der Waals surface area contributed by atoms with Gasteiger partial charge in [-0.1, -0.05) is 218 Å². The Labute approximate surface area is 408 Å². The maximum Gasteiger partial charge on any atom is 0.135 e. The largest absolute Gasteiger partial charge is 0.495 e. The predicted octanol–water partition coefficient (Wildman–Crippen LogP) is 19.4. The van der Waals surface area contributed by atoms with Crippen molar-refractivity contribution in [1.82, 2.24) is 0 Å².